The minimum Gasteiger partial charge on any atom is -0.374 e. The number of rotatable bonds is 3. The van der Waals surface area contributed by atoms with Crippen molar-refractivity contribution in [3.8, 4) is 6.07 Å². The third-order valence-corrected chi connectivity index (χ3v) is 4.43. The maximum Gasteiger partial charge on any atom is 0.274 e. The Morgan fingerprint density at radius 3 is 2.76 bits per heavy atom. The molecule has 126 valence electrons. The van der Waals surface area contributed by atoms with Crippen molar-refractivity contribution in [2.24, 2.45) is 7.05 Å². The van der Waals surface area contributed by atoms with E-state index in [9.17, 15) is 9.59 Å². The molecule has 0 aliphatic rings. The number of para-hydroxylation sites is 1. The fraction of sp³-hybridized carbons (Fsp3) is 0.167. The monoisotopic (exact) mass is 354 g/mol. The van der Waals surface area contributed by atoms with Crippen molar-refractivity contribution < 1.29 is 0 Å². The van der Waals surface area contributed by atoms with Crippen molar-refractivity contribution in [1.29, 1.82) is 5.26 Å². The van der Waals surface area contributed by atoms with Crippen LogP contribution in [-0.4, -0.2) is 9.55 Å². The average Bonchev–Trinajstić information content (AvgIpc) is 2.59. The first-order valence-corrected chi connectivity index (χ1v) is 7.98. The molecule has 0 aliphatic carbocycles. The summed E-state index contributed by atoms with van der Waals surface area (Å²) in [6, 6.07) is 11.8. The SMILES string of the molecule is C[C@@H](Nc1ccc(C#N)n(C)c1=O)c1cc2cccc(Cl)c2[nH]c1=O. The van der Waals surface area contributed by atoms with Crippen LogP contribution < -0.4 is 16.4 Å². The van der Waals surface area contributed by atoms with Gasteiger partial charge in [-0.3, -0.25) is 9.59 Å². The Bertz CT molecular complexity index is 1120. The van der Waals surface area contributed by atoms with Crippen molar-refractivity contribution in [2.75, 3.05) is 5.32 Å². The van der Waals surface area contributed by atoms with Gasteiger partial charge in [0.25, 0.3) is 11.1 Å². The molecule has 0 radical (unpaired) electrons. The number of nitrogens with one attached hydrogen (secondary N) is 2. The van der Waals surface area contributed by atoms with Crippen LogP contribution in [0.2, 0.25) is 5.02 Å². The van der Waals surface area contributed by atoms with Crippen LogP contribution in [0.4, 0.5) is 5.69 Å². The van der Waals surface area contributed by atoms with Gasteiger partial charge in [0.1, 0.15) is 17.5 Å². The van der Waals surface area contributed by atoms with E-state index in [1.165, 1.54) is 11.6 Å². The predicted molar refractivity (Wildman–Crippen MR) is 98.0 cm³/mol. The first-order chi connectivity index (χ1) is 11.9. The van der Waals surface area contributed by atoms with Crippen LogP contribution in [-0.2, 0) is 7.05 Å². The fourth-order valence-electron chi connectivity index (χ4n) is 2.70. The Hall–Kier alpha value is -3.04. The average molecular weight is 355 g/mol. The summed E-state index contributed by atoms with van der Waals surface area (Å²) < 4.78 is 1.26. The summed E-state index contributed by atoms with van der Waals surface area (Å²) in [7, 11) is 1.53. The molecule has 2 aromatic heterocycles. The number of anilines is 1. The van der Waals surface area contributed by atoms with Gasteiger partial charge in [-0.05, 0) is 31.2 Å². The van der Waals surface area contributed by atoms with Gasteiger partial charge >= 0.3 is 0 Å². The van der Waals surface area contributed by atoms with Gasteiger partial charge < -0.3 is 14.9 Å². The third kappa shape index (κ3) is 3.02. The maximum absolute atomic E-state index is 12.4. The van der Waals surface area contributed by atoms with E-state index in [1.807, 2.05) is 12.1 Å². The number of hydrogen-bond acceptors (Lipinski definition) is 4. The summed E-state index contributed by atoms with van der Waals surface area (Å²) in [6.07, 6.45) is 0. The molecule has 7 heteroatoms. The fourth-order valence-corrected chi connectivity index (χ4v) is 2.93. The van der Waals surface area contributed by atoms with Crippen LogP contribution in [0.1, 0.15) is 24.2 Å². The lowest BCUT2D eigenvalue weighted by Gasteiger charge is -2.16. The predicted octanol–water partition coefficient (Wildman–Crippen LogP) is 2.92. The number of fused-ring (bicyclic) bond motifs is 1. The van der Waals surface area contributed by atoms with E-state index in [1.54, 1.807) is 37.3 Å². The largest absolute Gasteiger partial charge is 0.374 e. The van der Waals surface area contributed by atoms with Crippen LogP contribution in [0.25, 0.3) is 10.9 Å². The highest BCUT2D eigenvalue weighted by molar-refractivity contribution is 6.35. The Kier molecular flexibility index (Phi) is 4.34. The highest BCUT2D eigenvalue weighted by Crippen LogP contribution is 2.23. The zero-order chi connectivity index (χ0) is 18.1. The molecule has 2 N–H and O–H groups in total. The lowest BCUT2D eigenvalue weighted by Crippen LogP contribution is -2.26. The van der Waals surface area contributed by atoms with Crippen molar-refractivity contribution in [3.63, 3.8) is 0 Å². The second-order valence-corrected chi connectivity index (χ2v) is 6.14. The molecule has 0 fully saturated rings. The van der Waals surface area contributed by atoms with Crippen LogP contribution >= 0.6 is 11.6 Å². The van der Waals surface area contributed by atoms with Gasteiger partial charge in [-0.15, -0.1) is 0 Å². The molecule has 0 aliphatic heterocycles. The number of hydrogen-bond donors (Lipinski definition) is 2. The molecular weight excluding hydrogens is 340 g/mol. The minimum absolute atomic E-state index is 0.265. The number of pyridine rings is 2. The second-order valence-electron chi connectivity index (χ2n) is 5.73. The van der Waals surface area contributed by atoms with Crippen molar-refractivity contribution in [3.05, 3.63) is 73.4 Å². The smallest absolute Gasteiger partial charge is 0.274 e. The number of H-pyrrole nitrogens is 1. The van der Waals surface area contributed by atoms with E-state index in [0.29, 0.717) is 21.8 Å². The maximum atomic E-state index is 12.4. The molecule has 0 saturated carbocycles. The molecule has 6 nitrogen and oxygen atoms in total. The zero-order valence-electron chi connectivity index (χ0n) is 13.6. The summed E-state index contributed by atoms with van der Waals surface area (Å²) in [5, 5.41) is 13.3. The topological polar surface area (TPSA) is 90.7 Å². The molecule has 0 amide bonds. The molecule has 2 heterocycles. The molecular formula is C18H15ClN4O2. The van der Waals surface area contributed by atoms with Crippen molar-refractivity contribution in [2.45, 2.75) is 13.0 Å². The first-order valence-electron chi connectivity index (χ1n) is 7.60. The number of halogens is 1. The van der Waals surface area contributed by atoms with Crippen molar-refractivity contribution >= 4 is 28.2 Å². The molecule has 1 atom stereocenters. The van der Waals surface area contributed by atoms with E-state index in [-0.39, 0.29) is 16.8 Å². The lowest BCUT2D eigenvalue weighted by atomic mass is 10.1. The third-order valence-electron chi connectivity index (χ3n) is 4.11. The minimum atomic E-state index is -0.409. The Morgan fingerprint density at radius 2 is 2.04 bits per heavy atom. The van der Waals surface area contributed by atoms with Crippen LogP contribution in [0.3, 0.4) is 0 Å². The van der Waals surface area contributed by atoms with E-state index < -0.39 is 6.04 Å². The summed E-state index contributed by atoms with van der Waals surface area (Å²) >= 11 is 6.10. The molecule has 0 saturated heterocycles. The second kappa shape index (κ2) is 6.46. The van der Waals surface area contributed by atoms with Gasteiger partial charge in [-0.25, -0.2) is 0 Å². The molecule has 3 aromatic rings. The summed E-state index contributed by atoms with van der Waals surface area (Å²) in [6.45, 7) is 1.79. The van der Waals surface area contributed by atoms with Gasteiger partial charge in [0.05, 0.1) is 16.6 Å². The number of nitriles is 1. The van der Waals surface area contributed by atoms with Gasteiger partial charge in [-0.2, -0.15) is 5.26 Å². The van der Waals surface area contributed by atoms with Gasteiger partial charge in [0, 0.05) is 18.0 Å². The molecule has 0 spiro atoms. The highest BCUT2D eigenvalue weighted by Gasteiger charge is 2.14. The number of aromatic amines is 1. The van der Waals surface area contributed by atoms with Gasteiger partial charge in [0.2, 0.25) is 0 Å². The summed E-state index contributed by atoms with van der Waals surface area (Å²) in [5.74, 6) is 0. The molecule has 0 bridgehead atoms. The van der Waals surface area contributed by atoms with E-state index in [0.717, 1.165) is 5.39 Å². The quantitative estimate of drug-likeness (QED) is 0.756. The molecule has 3 rings (SSSR count). The van der Waals surface area contributed by atoms with E-state index in [2.05, 4.69) is 10.3 Å². The van der Waals surface area contributed by atoms with Crippen molar-refractivity contribution in [1.82, 2.24) is 9.55 Å². The highest BCUT2D eigenvalue weighted by atomic mass is 35.5. The summed E-state index contributed by atoms with van der Waals surface area (Å²) in [5.41, 5.74) is 1.05. The Balaban J connectivity index is 2.01. The van der Waals surface area contributed by atoms with E-state index in [4.69, 9.17) is 16.9 Å². The number of benzene rings is 1. The molecule has 0 unspecified atom stereocenters. The molecule has 1 aromatic carbocycles. The Labute approximate surface area is 148 Å². The summed E-state index contributed by atoms with van der Waals surface area (Å²) in [4.78, 5) is 27.5. The van der Waals surface area contributed by atoms with Crippen LogP contribution in [0, 0.1) is 11.3 Å². The normalized spacial score (nSPS) is 11.9. The van der Waals surface area contributed by atoms with Crippen LogP contribution in [0.5, 0.6) is 0 Å². The van der Waals surface area contributed by atoms with Gasteiger partial charge in [-0.1, -0.05) is 23.7 Å². The zero-order valence-corrected chi connectivity index (χ0v) is 14.4. The number of nitrogens with zero attached hydrogens (tertiary/aromatic N) is 2. The Morgan fingerprint density at radius 1 is 1.28 bits per heavy atom. The lowest BCUT2D eigenvalue weighted by molar-refractivity contribution is 0.818. The van der Waals surface area contributed by atoms with Crippen LogP contribution in [0.15, 0.2) is 46.0 Å². The number of aromatic nitrogens is 2. The first kappa shape index (κ1) is 16.8. The molecule has 25 heavy (non-hydrogen) atoms. The standard InChI is InChI=1S/C18H15ClN4O2/c1-10(21-15-7-6-12(9-20)23(2)18(15)25)13-8-11-4-3-5-14(19)16(11)22-17(13)24/h3-8,10,21H,1-2H3,(H,22,24)/t10-/m1/s1. The van der Waals surface area contributed by atoms with E-state index >= 15 is 0 Å². The van der Waals surface area contributed by atoms with Gasteiger partial charge in [0.15, 0.2) is 0 Å².